The van der Waals surface area contributed by atoms with Crippen molar-refractivity contribution in [3.8, 4) is 0 Å². The van der Waals surface area contributed by atoms with Crippen LogP contribution in [0.15, 0.2) is 0 Å². The number of hydrogen-bond donors (Lipinski definition) is 1. The molecule has 2 N–H and O–H groups in total. The predicted molar refractivity (Wildman–Crippen MR) is 58.8 cm³/mol. The predicted octanol–water partition coefficient (Wildman–Crippen LogP) is 2.50. The molecule has 3 heteroatoms. The maximum atomic E-state index is 5.62. The van der Waals surface area contributed by atoms with Crippen LogP contribution in [0.5, 0.6) is 0 Å². The zero-order valence-corrected chi connectivity index (χ0v) is 10.4. The lowest BCUT2D eigenvalue weighted by atomic mass is 9.89. The van der Waals surface area contributed by atoms with E-state index in [9.17, 15) is 0 Å². The van der Waals surface area contributed by atoms with Crippen LogP contribution in [0.4, 0.5) is 0 Å². The van der Waals surface area contributed by atoms with Crippen LogP contribution in [0.1, 0.15) is 48.0 Å². The van der Waals surface area contributed by atoms with Gasteiger partial charge in [-0.05, 0) is 32.6 Å². The molecule has 0 aliphatic carbocycles. The van der Waals surface area contributed by atoms with Gasteiger partial charge in [0, 0.05) is 0 Å². The van der Waals surface area contributed by atoms with E-state index < -0.39 is 0 Å². The molecule has 0 aromatic rings. The molecule has 1 atom stereocenters. The lowest BCUT2D eigenvalue weighted by molar-refractivity contribution is -0.0841. The fourth-order valence-corrected chi connectivity index (χ4v) is 1.17. The maximum Gasteiger partial charge on any atom is 0.102 e. The molecule has 0 spiro atoms. The second-order valence-electron chi connectivity index (χ2n) is 5.95. The summed E-state index contributed by atoms with van der Waals surface area (Å²) in [5.74, 6) is 5.23. The van der Waals surface area contributed by atoms with Gasteiger partial charge in [-0.2, -0.15) is 0 Å². The van der Waals surface area contributed by atoms with Gasteiger partial charge in [-0.3, -0.25) is 4.84 Å². The number of nitrogens with two attached hydrogens (primary N) is 1. The summed E-state index contributed by atoms with van der Waals surface area (Å²) in [4.78, 5) is 4.90. The Morgan fingerprint density at radius 3 is 1.86 bits per heavy atom. The van der Waals surface area contributed by atoms with E-state index in [1.807, 2.05) is 20.8 Å². The Morgan fingerprint density at radius 1 is 1.07 bits per heavy atom. The summed E-state index contributed by atoms with van der Waals surface area (Å²) < 4.78 is 5.62. The van der Waals surface area contributed by atoms with Crippen molar-refractivity contribution in [1.29, 1.82) is 0 Å². The molecule has 0 radical (unpaired) electrons. The molecule has 0 rings (SSSR count). The number of ether oxygens (including phenoxy) is 1. The summed E-state index contributed by atoms with van der Waals surface area (Å²) in [6.07, 6.45) is 0.883. The van der Waals surface area contributed by atoms with Crippen molar-refractivity contribution in [2.75, 3.05) is 6.61 Å². The molecular formula is C11H25NO2. The highest BCUT2D eigenvalue weighted by Crippen LogP contribution is 2.22. The van der Waals surface area contributed by atoms with Crippen LogP contribution < -0.4 is 5.90 Å². The van der Waals surface area contributed by atoms with E-state index in [0.717, 1.165) is 6.42 Å². The molecule has 0 amide bonds. The van der Waals surface area contributed by atoms with E-state index in [-0.39, 0.29) is 17.1 Å². The van der Waals surface area contributed by atoms with Crippen LogP contribution in [0, 0.1) is 5.41 Å². The molecule has 0 saturated heterocycles. The average molecular weight is 203 g/mol. The van der Waals surface area contributed by atoms with Crippen LogP contribution in [-0.2, 0) is 9.57 Å². The van der Waals surface area contributed by atoms with Gasteiger partial charge in [0.1, 0.15) is 6.10 Å². The summed E-state index contributed by atoms with van der Waals surface area (Å²) in [6.45, 7) is 13.1. The Morgan fingerprint density at radius 2 is 1.57 bits per heavy atom. The molecule has 14 heavy (non-hydrogen) atoms. The van der Waals surface area contributed by atoms with Gasteiger partial charge in [0.2, 0.25) is 0 Å². The van der Waals surface area contributed by atoms with Gasteiger partial charge < -0.3 is 4.74 Å². The fourth-order valence-electron chi connectivity index (χ4n) is 1.17. The first-order chi connectivity index (χ1) is 6.14. The molecule has 0 aromatic carbocycles. The molecule has 0 aliphatic heterocycles. The van der Waals surface area contributed by atoms with Crippen molar-refractivity contribution in [2.24, 2.45) is 11.3 Å². The Bertz CT molecular complexity index is 156. The summed E-state index contributed by atoms with van der Waals surface area (Å²) >= 11 is 0. The number of hydrogen-bond acceptors (Lipinski definition) is 3. The highest BCUT2D eigenvalue weighted by molar-refractivity contribution is 4.70. The third-order valence-corrected chi connectivity index (χ3v) is 1.73. The fraction of sp³-hybridized carbons (Fsp3) is 1.00. The van der Waals surface area contributed by atoms with Crippen LogP contribution in [0.25, 0.3) is 0 Å². The van der Waals surface area contributed by atoms with Crippen molar-refractivity contribution in [3.63, 3.8) is 0 Å². The van der Waals surface area contributed by atoms with Gasteiger partial charge in [0.15, 0.2) is 0 Å². The molecule has 0 aliphatic rings. The minimum Gasteiger partial charge on any atom is -0.373 e. The van der Waals surface area contributed by atoms with Gasteiger partial charge in [0.05, 0.1) is 12.2 Å². The summed E-state index contributed by atoms with van der Waals surface area (Å²) in [7, 11) is 0. The smallest absolute Gasteiger partial charge is 0.102 e. The molecule has 0 bridgehead atoms. The normalized spacial score (nSPS) is 15.6. The molecule has 3 nitrogen and oxygen atoms in total. The van der Waals surface area contributed by atoms with Gasteiger partial charge in [-0.1, -0.05) is 20.8 Å². The Labute approximate surface area is 87.9 Å². The zero-order valence-electron chi connectivity index (χ0n) is 10.4. The van der Waals surface area contributed by atoms with Crippen LogP contribution >= 0.6 is 0 Å². The van der Waals surface area contributed by atoms with Crippen LogP contribution in [-0.4, -0.2) is 18.3 Å². The minimum atomic E-state index is -0.130. The third kappa shape index (κ3) is 8.48. The molecule has 0 saturated carbocycles. The molecule has 0 fully saturated rings. The second-order valence-corrected chi connectivity index (χ2v) is 5.95. The third-order valence-electron chi connectivity index (χ3n) is 1.73. The van der Waals surface area contributed by atoms with E-state index in [0.29, 0.717) is 6.61 Å². The molecule has 0 heterocycles. The van der Waals surface area contributed by atoms with Crippen LogP contribution in [0.3, 0.4) is 0 Å². The monoisotopic (exact) mass is 203 g/mol. The lowest BCUT2D eigenvalue weighted by Crippen LogP contribution is -2.32. The number of rotatable bonds is 4. The standard InChI is InChI=1S/C11H25NO2/c1-10(2,3)7-9(14-12)8-13-11(4,5)6/h9H,7-8,12H2,1-6H3. The first-order valence-electron chi connectivity index (χ1n) is 5.13. The first kappa shape index (κ1) is 13.9. The summed E-state index contributed by atoms with van der Waals surface area (Å²) in [5, 5.41) is 0. The van der Waals surface area contributed by atoms with Crippen molar-refractivity contribution in [2.45, 2.75) is 59.7 Å². The van der Waals surface area contributed by atoms with Crippen molar-refractivity contribution in [3.05, 3.63) is 0 Å². The topological polar surface area (TPSA) is 44.5 Å². The Hall–Kier alpha value is -0.120. The van der Waals surface area contributed by atoms with E-state index >= 15 is 0 Å². The van der Waals surface area contributed by atoms with E-state index in [1.165, 1.54) is 0 Å². The van der Waals surface area contributed by atoms with Gasteiger partial charge >= 0.3 is 0 Å². The largest absolute Gasteiger partial charge is 0.373 e. The summed E-state index contributed by atoms with van der Waals surface area (Å²) in [6, 6.07) is 0. The zero-order chi connectivity index (χ0) is 11.4. The molecular weight excluding hydrogens is 178 g/mol. The van der Waals surface area contributed by atoms with Crippen LogP contribution in [0.2, 0.25) is 0 Å². The highest BCUT2D eigenvalue weighted by Gasteiger charge is 2.21. The maximum absolute atomic E-state index is 5.62. The van der Waals surface area contributed by atoms with E-state index in [2.05, 4.69) is 20.8 Å². The lowest BCUT2D eigenvalue weighted by Gasteiger charge is -2.27. The minimum absolute atomic E-state index is 0.0192. The van der Waals surface area contributed by atoms with Gasteiger partial charge in [0.25, 0.3) is 0 Å². The van der Waals surface area contributed by atoms with E-state index in [1.54, 1.807) is 0 Å². The summed E-state index contributed by atoms with van der Waals surface area (Å²) in [5.41, 5.74) is 0.0833. The highest BCUT2D eigenvalue weighted by atomic mass is 16.6. The first-order valence-corrected chi connectivity index (χ1v) is 5.13. The molecule has 1 unspecified atom stereocenters. The second kappa shape index (κ2) is 5.10. The Balaban J connectivity index is 3.93. The van der Waals surface area contributed by atoms with Crippen molar-refractivity contribution in [1.82, 2.24) is 0 Å². The molecule has 0 aromatic heterocycles. The average Bonchev–Trinajstić information content (AvgIpc) is 1.94. The van der Waals surface area contributed by atoms with Gasteiger partial charge in [-0.25, -0.2) is 5.90 Å². The SMILES string of the molecule is CC(C)(C)CC(COC(C)(C)C)ON. The van der Waals surface area contributed by atoms with Crippen molar-refractivity contribution < 1.29 is 9.57 Å². The van der Waals surface area contributed by atoms with E-state index in [4.69, 9.17) is 15.5 Å². The molecule has 86 valence electrons. The quantitative estimate of drug-likeness (QED) is 0.714. The van der Waals surface area contributed by atoms with Crippen molar-refractivity contribution >= 4 is 0 Å². The Kier molecular flexibility index (Phi) is 5.06. The van der Waals surface area contributed by atoms with Gasteiger partial charge in [-0.15, -0.1) is 0 Å².